The van der Waals surface area contributed by atoms with Gasteiger partial charge in [-0.15, -0.1) is 0 Å². The Morgan fingerprint density at radius 1 is 1.43 bits per heavy atom. The van der Waals surface area contributed by atoms with Gasteiger partial charge in [0.05, 0.1) is 0 Å². The molecule has 1 amide bonds. The average molecular weight is 264 g/mol. The molecule has 0 unspecified atom stereocenters. The molecule has 0 heterocycles. The van der Waals surface area contributed by atoms with Crippen LogP contribution >= 0.6 is 15.9 Å². The molecule has 0 radical (unpaired) electrons. The molecule has 0 aromatic heterocycles. The summed E-state index contributed by atoms with van der Waals surface area (Å²) in [7, 11) is 0. The van der Waals surface area contributed by atoms with Crippen molar-refractivity contribution in [1.29, 1.82) is 0 Å². The van der Waals surface area contributed by atoms with E-state index in [4.69, 9.17) is 0 Å². The van der Waals surface area contributed by atoms with Gasteiger partial charge in [-0.1, -0.05) is 29.8 Å². The summed E-state index contributed by atoms with van der Waals surface area (Å²) >= 11 is 3.39. The first kappa shape index (κ1) is 13.9. The monoisotopic (exact) mass is 263 g/mol. The van der Waals surface area contributed by atoms with Crippen molar-refractivity contribution in [2.75, 3.05) is 5.33 Å². The lowest BCUT2D eigenvalue weighted by atomic mass is 10.0. The van der Waals surface area contributed by atoms with Crippen LogP contribution in [0, 0.1) is 5.92 Å². The van der Waals surface area contributed by atoms with Crippen LogP contribution in [0.15, 0.2) is 0 Å². The summed E-state index contributed by atoms with van der Waals surface area (Å²) in [6.45, 7) is 8.39. The Kier molecular flexibility index (Phi) is 6.41. The summed E-state index contributed by atoms with van der Waals surface area (Å²) in [6, 6.07) is 0. The second kappa shape index (κ2) is 6.44. The van der Waals surface area contributed by atoms with Crippen molar-refractivity contribution >= 4 is 21.8 Å². The fraction of sp³-hybridized carbons (Fsp3) is 0.909. The average Bonchev–Trinajstić information content (AvgIpc) is 1.99. The lowest BCUT2D eigenvalue weighted by molar-refractivity contribution is -0.122. The van der Waals surface area contributed by atoms with Gasteiger partial charge in [-0.2, -0.15) is 0 Å². The number of carbonyl (C=O) groups is 1. The van der Waals surface area contributed by atoms with Crippen LogP contribution in [-0.4, -0.2) is 16.8 Å². The van der Waals surface area contributed by atoms with E-state index in [0.717, 1.165) is 18.2 Å². The third kappa shape index (κ3) is 7.36. The normalized spacial score (nSPS) is 11.9. The van der Waals surface area contributed by atoms with Crippen molar-refractivity contribution in [2.24, 2.45) is 5.92 Å². The zero-order chi connectivity index (χ0) is 11.2. The third-order valence-electron chi connectivity index (χ3n) is 2.15. The molecule has 3 heteroatoms. The van der Waals surface area contributed by atoms with Gasteiger partial charge in [0, 0.05) is 17.3 Å². The molecule has 0 saturated carbocycles. The maximum Gasteiger partial charge on any atom is 0.220 e. The van der Waals surface area contributed by atoms with Crippen LogP contribution in [0.5, 0.6) is 0 Å². The summed E-state index contributed by atoms with van der Waals surface area (Å²) in [5.41, 5.74) is -0.0858. The predicted octanol–water partition coefficient (Wildman–Crippen LogP) is 3.10. The largest absolute Gasteiger partial charge is 0.351 e. The smallest absolute Gasteiger partial charge is 0.220 e. The van der Waals surface area contributed by atoms with E-state index in [2.05, 4.69) is 48.9 Å². The second-order valence-electron chi connectivity index (χ2n) is 4.80. The number of nitrogens with one attached hydrogen (secondary N) is 1. The molecule has 0 aliphatic rings. The first-order valence-corrected chi connectivity index (χ1v) is 6.36. The van der Waals surface area contributed by atoms with Crippen molar-refractivity contribution in [2.45, 2.75) is 52.5 Å². The van der Waals surface area contributed by atoms with Gasteiger partial charge in [0.15, 0.2) is 0 Å². The van der Waals surface area contributed by atoms with Gasteiger partial charge in [0.25, 0.3) is 0 Å². The van der Waals surface area contributed by atoms with Crippen molar-refractivity contribution in [1.82, 2.24) is 5.32 Å². The Morgan fingerprint density at radius 3 is 2.43 bits per heavy atom. The number of hydrogen-bond donors (Lipinski definition) is 1. The number of hydrogen-bond acceptors (Lipinski definition) is 1. The minimum Gasteiger partial charge on any atom is -0.351 e. The summed E-state index contributed by atoms with van der Waals surface area (Å²) in [4.78, 5) is 11.5. The van der Waals surface area contributed by atoms with E-state index in [0.29, 0.717) is 12.3 Å². The maximum atomic E-state index is 11.5. The van der Waals surface area contributed by atoms with Crippen LogP contribution in [0.3, 0.4) is 0 Å². The van der Waals surface area contributed by atoms with Crippen molar-refractivity contribution in [3.8, 4) is 0 Å². The molecular weight excluding hydrogens is 242 g/mol. The van der Waals surface area contributed by atoms with Gasteiger partial charge in [-0.25, -0.2) is 0 Å². The van der Waals surface area contributed by atoms with Crippen molar-refractivity contribution in [3.63, 3.8) is 0 Å². The van der Waals surface area contributed by atoms with E-state index in [1.54, 1.807) is 0 Å². The predicted molar refractivity (Wildman–Crippen MR) is 64.7 cm³/mol. The topological polar surface area (TPSA) is 29.1 Å². The number of amides is 1. The van der Waals surface area contributed by atoms with Crippen LogP contribution in [-0.2, 0) is 4.79 Å². The molecule has 0 atom stereocenters. The van der Waals surface area contributed by atoms with Gasteiger partial charge < -0.3 is 5.32 Å². The molecular formula is C11H22BrNO. The fourth-order valence-electron chi connectivity index (χ4n) is 1.16. The zero-order valence-electron chi connectivity index (χ0n) is 9.69. The van der Waals surface area contributed by atoms with E-state index in [-0.39, 0.29) is 11.4 Å². The fourth-order valence-corrected chi connectivity index (χ4v) is 2.15. The second-order valence-corrected chi connectivity index (χ2v) is 5.60. The Morgan fingerprint density at radius 2 is 2.00 bits per heavy atom. The zero-order valence-corrected chi connectivity index (χ0v) is 11.3. The molecule has 0 aromatic rings. The number of carbonyl (C=O) groups excluding carboxylic acids is 1. The molecule has 0 aliphatic carbocycles. The van der Waals surface area contributed by atoms with Crippen LogP contribution < -0.4 is 5.32 Å². The van der Waals surface area contributed by atoms with Crippen LogP contribution in [0.4, 0.5) is 0 Å². The quantitative estimate of drug-likeness (QED) is 0.734. The molecule has 0 aromatic carbocycles. The van der Waals surface area contributed by atoms with E-state index < -0.39 is 0 Å². The Labute approximate surface area is 96.0 Å². The highest BCUT2D eigenvalue weighted by Crippen LogP contribution is 2.11. The Balaban J connectivity index is 3.81. The van der Waals surface area contributed by atoms with Crippen LogP contribution in [0.25, 0.3) is 0 Å². The highest BCUT2D eigenvalue weighted by Gasteiger charge is 2.18. The highest BCUT2D eigenvalue weighted by atomic mass is 79.9. The standard InChI is InChI=1S/C11H22BrNO/c1-9(2)5-6-10(14)13-11(3,4)7-8-12/h9H,5-8H2,1-4H3,(H,13,14). The minimum absolute atomic E-state index is 0.0858. The van der Waals surface area contributed by atoms with E-state index in [9.17, 15) is 4.79 Å². The van der Waals surface area contributed by atoms with Gasteiger partial charge >= 0.3 is 0 Å². The molecule has 84 valence electrons. The Bertz CT molecular complexity index is 178. The molecule has 1 N–H and O–H groups in total. The van der Waals surface area contributed by atoms with Crippen LogP contribution in [0.2, 0.25) is 0 Å². The third-order valence-corrected chi connectivity index (χ3v) is 2.54. The van der Waals surface area contributed by atoms with Gasteiger partial charge in [0.1, 0.15) is 0 Å². The van der Waals surface area contributed by atoms with E-state index >= 15 is 0 Å². The van der Waals surface area contributed by atoms with Gasteiger partial charge in [-0.3, -0.25) is 4.79 Å². The Hall–Kier alpha value is -0.0500. The minimum atomic E-state index is -0.0858. The molecule has 14 heavy (non-hydrogen) atoms. The summed E-state index contributed by atoms with van der Waals surface area (Å²) in [5.74, 6) is 0.768. The van der Waals surface area contributed by atoms with Gasteiger partial charge in [-0.05, 0) is 32.6 Å². The molecule has 0 spiro atoms. The highest BCUT2D eigenvalue weighted by molar-refractivity contribution is 9.09. The number of rotatable bonds is 6. The van der Waals surface area contributed by atoms with E-state index in [1.807, 2.05) is 0 Å². The molecule has 0 saturated heterocycles. The maximum absolute atomic E-state index is 11.5. The first-order valence-electron chi connectivity index (χ1n) is 5.24. The number of alkyl halides is 1. The molecule has 0 fully saturated rings. The lowest BCUT2D eigenvalue weighted by Crippen LogP contribution is -2.43. The SMILES string of the molecule is CC(C)CCC(=O)NC(C)(C)CCBr. The van der Waals surface area contributed by atoms with Crippen molar-refractivity contribution < 1.29 is 4.79 Å². The summed E-state index contributed by atoms with van der Waals surface area (Å²) in [5, 5.41) is 3.96. The number of halogens is 1. The molecule has 0 aliphatic heterocycles. The van der Waals surface area contributed by atoms with E-state index in [1.165, 1.54) is 0 Å². The lowest BCUT2D eigenvalue weighted by Gasteiger charge is -2.25. The van der Waals surface area contributed by atoms with Gasteiger partial charge in [0.2, 0.25) is 5.91 Å². The first-order chi connectivity index (χ1) is 6.37. The summed E-state index contributed by atoms with van der Waals surface area (Å²) < 4.78 is 0. The van der Waals surface area contributed by atoms with Crippen molar-refractivity contribution in [3.05, 3.63) is 0 Å². The molecule has 2 nitrogen and oxygen atoms in total. The summed E-state index contributed by atoms with van der Waals surface area (Å²) in [6.07, 6.45) is 2.57. The molecule has 0 bridgehead atoms. The van der Waals surface area contributed by atoms with Crippen LogP contribution in [0.1, 0.15) is 47.0 Å². The molecule has 0 rings (SSSR count).